The molecule has 0 unspecified atom stereocenters. The van der Waals surface area contributed by atoms with E-state index in [0.717, 1.165) is 27.8 Å². The number of hydrogen-bond acceptors (Lipinski definition) is 4. The van der Waals surface area contributed by atoms with E-state index in [1.54, 1.807) is 12.1 Å². The van der Waals surface area contributed by atoms with Crippen LogP contribution >= 0.6 is 0 Å². The van der Waals surface area contributed by atoms with Gasteiger partial charge in [0.2, 0.25) is 15.9 Å². The Balaban J connectivity index is 2.02. The Labute approximate surface area is 155 Å². The number of carbonyl (C=O) groups is 1. The van der Waals surface area contributed by atoms with Gasteiger partial charge >= 0.3 is 0 Å². The van der Waals surface area contributed by atoms with Crippen LogP contribution in [-0.4, -0.2) is 20.9 Å². The van der Waals surface area contributed by atoms with Crippen molar-refractivity contribution in [3.05, 3.63) is 52.0 Å². The molecule has 0 saturated carbocycles. The van der Waals surface area contributed by atoms with Crippen LogP contribution in [0, 0.1) is 34.6 Å². The summed E-state index contributed by atoms with van der Waals surface area (Å²) in [5.74, 6) is 0.407. The van der Waals surface area contributed by atoms with Crippen molar-refractivity contribution >= 4 is 15.9 Å². The number of carbonyl (C=O) groups excluding carboxylic acids is 1. The third kappa shape index (κ3) is 4.34. The first-order chi connectivity index (χ1) is 12.1. The molecule has 0 bridgehead atoms. The number of nitrogens with one attached hydrogen (secondary N) is 2. The summed E-state index contributed by atoms with van der Waals surface area (Å²) in [6.45, 7) is 9.82. The maximum atomic E-state index is 12.8. The highest BCUT2D eigenvalue weighted by Crippen LogP contribution is 2.29. The molecule has 2 aromatic rings. The Bertz CT molecular complexity index is 871. The Kier molecular flexibility index (Phi) is 6.26. The molecule has 0 aliphatic rings. The second kappa shape index (κ2) is 8.05. The van der Waals surface area contributed by atoms with Crippen LogP contribution in [0.4, 0.5) is 0 Å². The van der Waals surface area contributed by atoms with Crippen LogP contribution in [0.25, 0.3) is 0 Å². The van der Waals surface area contributed by atoms with Crippen LogP contribution in [0.1, 0.15) is 40.0 Å². The fourth-order valence-corrected chi connectivity index (χ4v) is 4.55. The number of hydrogen-bond donors (Lipinski definition) is 2. The average Bonchev–Trinajstić information content (AvgIpc) is 3.09. The summed E-state index contributed by atoms with van der Waals surface area (Å²) in [5, 5.41) is 2.69. The Hall–Kier alpha value is -2.12. The fourth-order valence-electron chi connectivity index (χ4n) is 2.93. The van der Waals surface area contributed by atoms with Gasteiger partial charge in [-0.3, -0.25) is 4.79 Å². The third-order valence-corrected chi connectivity index (χ3v) is 6.62. The minimum atomic E-state index is -3.69. The molecule has 0 atom stereocenters. The van der Waals surface area contributed by atoms with Crippen molar-refractivity contribution in [3.8, 4) is 0 Å². The van der Waals surface area contributed by atoms with E-state index in [0.29, 0.717) is 10.7 Å². The lowest BCUT2D eigenvalue weighted by molar-refractivity contribution is -0.121. The molecule has 0 spiro atoms. The number of rotatable bonds is 7. The van der Waals surface area contributed by atoms with E-state index in [1.165, 1.54) is 6.26 Å². The smallest absolute Gasteiger partial charge is 0.241 e. The van der Waals surface area contributed by atoms with Gasteiger partial charge in [-0.1, -0.05) is 0 Å². The van der Waals surface area contributed by atoms with Gasteiger partial charge in [-0.15, -0.1) is 0 Å². The van der Waals surface area contributed by atoms with Gasteiger partial charge < -0.3 is 9.73 Å². The van der Waals surface area contributed by atoms with Gasteiger partial charge in [0.05, 0.1) is 17.7 Å². The summed E-state index contributed by atoms with van der Waals surface area (Å²) in [6, 6.07) is 3.50. The van der Waals surface area contributed by atoms with E-state index in [4.69, 9.17) is 4.42 Å². The first-order valence-corrected chi connectivity index (χ1v) is 9.99. The Morgan fingerprint density at radius 2 is 1.58 bits per heavy atom. The summed E-state index contributed by atoms with van der Waals surface area (Å²) in [6.07, 6.45) is 1.59. The standard InChI is InChI=1S/C19H26N2O4S/c1-12-13(2)15(4)19(16(5)14(12)3)26(23,24)21-9-8-18(22)20-11-17-7-6-10-25-17/h6-7,10,21H,8-9,11H2,1-5H3,(H,20,22). The molecule has 142 valence electrons. The summed E-state index contributed by atoms with van der Waals surface area (Å²) in [7, 11) is -3.69. The fraction of sp³-hybridized carbons (Fsp3) is 0.421. The highest BCUT2D eigenvalue weighted by atomic mass is 32.2. The van der Waals surface area contributed by atoms with Gasteiger partial charge in [0.1, 0.15) is 5.76 Å². The van der Waals surface area contributed by atoms with Gasteiger partial charge in [-0.2, -0.15) is 0 Å². The lowest BCUT2D eigenvalue weighted by Crippen LogP contribution is -2.31. The number of sulfonamides is 1. The Morgan fingerprint density at radius 3 is 2.12 bits per heavy atom. The summed E-state index contributed by atoms with van der Waals surface area (Å²) in [4.78, 5) is 12.2. The highest BCUT2D eigenvalue weighted by Gasteiger charge is 2.23. The van der Waals surface area contributed by atoms with Crippen molar-refractivity contribution < 1.29 is 17.6 Å². The minimum absolute atomic E-state index is 0.0389. The van der Waals surface area contributed by atoms with Gasteiger partial charge in [0, 0.05) is 13.0 Å². The molecule has 1 heterocycles. The minimum Gasteiger partial charge on any atom is -0.467 e. The van der Waals surface area contributed by atoms with E-state index in [-0.39, 0.29) is 25.4 Å². The Morgan fingerprint density at radius 1 is 1.00 bits per heavy atom. The molecule has 26 heavy (non-hydrogen) atoms. The van der Waals surface area contributed by atoms with Gasteiger partial charge in [0.25, 0.3) is 0 Å². The van der Waals surface area contributed by atoms with E-state index in [1.807, 2.05) is 34.6 Å². The van der Waals surface area contributed by atoms with E-state index in [9.17, 15) is 13.2 Å². The van der Waals surface area contributed by atoms with Gasteiger partial charge in [0.15, 0.2) is 0 Å². The largest absolute Gasteiger partial charge is 0.467 e. The normalized spacial score (nSPS) is 11.6. The second-order valence-electron chi connectivity index (χ2n) is 6.46. The molecule has 0 radical (unpaired) electrons. The molecular weight excluding hydrogens is 352 g/mol. The zero-order chi connectivity index (χ0) is 19.5. The maximum Gasteiger partial charge on any atom is 0.241 e. The zero-order valence-electron chi connectivity index (χ0n) is 15.9. The summed E-state index contributed by atoms with van der Waals surface area (Å²) < 4.78 is 33.2. The highest BCUT2D eigenvalue weighted by molar-refractivity contribution is 7.89. The molecular formula is C19H26N2O4S. The van der Waals surface area contributed by atoms with E-state index < -0.39 is 10.0 Å². The second-order valence-corrected chi connectivity index (χ2v) is 8.16. The molecule has 0 fully saturated rings. The first-order valence-electron chi connectivity index (χ1n) is 8.51. The zero-order valence-corrected chi connectivity index (χ0v) is 16.7. The molecule has 2 rings (SSSR count). The van der Waals surface area contributed by atoms with Crippen LogP contribution < -0.4 is 10.0 Å². The maximum absolute atomic E-state index is 12.8. The molecule has 6 nitrogen and oxygen atoms in total. The molecule has 0 aliphatic carbocycles. The van der Waals surface area contributed by atoms with Crippen LogP contribution in [0.5, 0.6) is 0 Å². The number of amides is 1. The third-order valence-electron chi connectivity index (χ3n) is 4.88. The molecule has 1 aromatic heterocycles. The van der Waals surface area contributed by atoms with Crippen molar-refractivity contribution in [2.24, 2.45) is 0 Å². The average molecular weight is 378 g/mol. The lowest BCUT2D eigenvalue weighted by Gasteiger charge is -2.19. The number of furan rings is 1. The topological polar surface area (TPSA) is 88.4 Å². The number of benzene rings is 1. The predicted molar refractivity (Wildman–Crippen MR) is 100 cm³/mol. The van der Waals surface area contributed by atoms with E-state index in [2.05, 4.69) is 10.0 Å². The lowest BCUT2D eigenvalue weighted by atomic mass is 9.95. The summed E-state index contributed by atoms with van der Waals surface area (Å²) >= 11 is 0. The van der Waals surface area contributed by atoms with Crippen molar-refractivity contribution in [1.82, 2.24) is 10.0 Å². The summed E-state index contributed by atoms with van der Waals surface area (Å²) in [5.41, 5.74) is 4.56. The molecule has 1 aromatic carbocycles. The first kappa shape index (κ1) is 20.2. The monoisotopic (exact) mass is 378 g/mol. The van der Waals surface area contributed by atoms with Gasteiger partial charge in [-0.25, -0.2) is 13.1 Å². The van der Waals surface area contributed by atoms with Crippen molar-refractivity contribution in [2.45, 2.75) is 52.5 Å². The quantitative estimate of drug-likeness (QED) is 0.775. The molecule has 7 heteroatoms. The van der Waals surface area contributed by atoms with Crippen LogP contribution in [0.3, 0.4) is 0 Å². The molecule has 0 aliphatic heterocycles. The van der Waals surface area contributed by atoms with Crippen LogP contribution in [-0.2, 0) is 21.4 Å². The van der Waals surface area contributed by atoms with Crippen LogP contribution in [0.2, 0.25) is 0 Å². The van der Waals surface area contributed by atoms with E-state index >= 15 is 0 Å². The van der Waals surface area contributed by atoms with Crippen molar-refractivity contribution in [2.75, 3.05) is 6.54 Å². The predicted octanol–water partition coefficient (Wildman–Crippen LogP) is 2.81. The van der Waals surface area contributed by atoms with Gasteiger partial charge in [-0.05, 0) is 74.6 Å². The molecule has 2 N–H and O–H groups in total. The SMILES string of the molecule is Cc1c(C)c(C)c(S(=O)(=O)NCCC(=O)NCc2ccco2)c(C)c1C. The van der Waals surface area contributed by atoms with Crippen LogP contribution in [0.15, 0.2) is 27.7 Å². The van der Waals surface area contributed by atoms with Crippen molar-refractivity contribution in [1.29, 1.82) is 0 Å². The molecule has 0 saturated heterocycles. The van der Waals surface area contributed by atoms with Crippen molar-refractivity contribution in [3.63, 3.8) is 0 Å². The molecule has 1 amide bonds.